The molecule has 0 saturated heterocycles. The van der Waals surface area contributed by atoms with Crippen LogP contribution in [0.1, 0.15) is 30.0 Å². The lowest BCUT2D eigenvalue weighted by atomic mass is 9.88. The lowest BCUT2D eigenvalue weighted by Crippen LogP contribution is -2.18. The van der Waals surface area contributed by atoms with Gasteiger partial charge in [0.2, 0.25) is 0 Å². The zero-order chi connectivity index (χ0) is 12.4. The molecule has 1 aliphatic carbocycles. The van der Waals surface area contributed by atoms with E-state index in [1.165, 1.54) is 17.5 Å². The first-order chi connectivity index (χ1) is 8.83. The molecule has 1 unspecified atom stereocenters. The average molecular weight is 240 g/mol. The number of rotatable bonds is 2. The summed E-state index contributed by atoms with van der Waals surface area (Å²) in [4.78, 5) is 8.30. The van der Waals surface area contributed by atoms with E-state index in [-0.39, 0.29) is 0 Å². The molecule has 0 amide bonds. The predicted molar refractivity (Wildman–Crippen MR) is 72.2 cm³/mol. The highest BCUT2D eigenvalue weighted by atomic mass is 15.1. The summed E-state index contributed by atoms with van der Waals surface area (Å²) < 4.78 is 0. The molecule has 1 aromatic carbocycles. The quantitative estimate of drug-likeness (QED) is 0.846. The molecule has 4 heteroatoms. The number of aromatic nitrogens is 2. The standard InChI is InChI=1S/C14H16N4/c15-13-8-16-9-14(18-13)17-12-7-3-5-10-4-1-2-6-11(10)12/h1-2,4,6,8-9,12H,3,5,7H2,(H3,15,17,18). The van der Waals surface area contributed by atoms with Crippen LogP contribution >= 0.6 is 0 Å². The Labute approximate surface area is 106 Å². The summed E-state index contributed by atoms with van der Waals surface area (Å²) in [6, 6.07) is 8.89. The molecule has 3 N–H and O–H groups in total. The molecular formula is C14H16N4. The maximum atomic E-state index is 5.64. The van der Waals surface area contributed by atoms with Crippen LogP contribution < -0.4 is 11.1 Å². The second kappa shape index (κ2) is 4.64. The Kier molecular flexibility index (Phi) is 2.84. The van der Waals surface area contributed by atoms with Gasteiger partial charge in [-0.25, -0.2) is 4.98 Å². The van der Waals surface area contributed by atoms with Gasteiger partial charge in [0.25, 0.3) is 0 Å². The molecule has 0 fully saturated rings. The predicted octanol–water partition coefficient (Wildman–Crippen LogP) is 2.55. The third-order valence-electron chi connectivity index (χ3n) is 3.34. The van der Waals surface area contributed by atoms with Gasteiger partial charge < -0.3 is 11.1 Å². The third kappa shape index (κ3) is 2.14. The van der Waals surface area contributed by atoms with Crippen molar-refractivity contribution >= 4 is 11.6 Å². The summed E-state index contributed by atoms with van der Waals surface area (Å²) in [6.07, 6.45) is 6.75. The van der Waals surface area contributed by atoms with E-state index in [4.69, 9.17) is 5.73 Å². The first-order valence-electron chi connectivity index (χ1n) is 6.25. The zero-order valence-corrected chi connectivity index (χ0v) is 10.1. The molecule has 3 rings (SSSR count). The van der Waals surface area contributed by atoms with E-state index >= 15 is 0 Å². The molecule has 0 radical (unpaired) electrons. The van der Waals surface area contributed by atoms with Crippen molar-refractivity contribution in [2.45, 2.75) is 25.3 Å². The Bertz CT molecular complexity index is 553. The molecule has 1 heterocycles. The lowest BCUT2D eigenvalue weighted by Gasteiger charge is -2.26. The van der Waals surface area contributed by atoms with Crippen molar-refractivity contribution in [3.05, 3.63) is 47.8 Å². The van der Waals surface area contributed by atoms with Crippen molar-refractivity contribution in [2.75, 3.05) is 11.1 Å². The van der Waals surface area contributed by atoms with Crippen LogP contribution in [0.5, 0.6) is 0 Å². The Morgan fingerprint density at radius 1 is 1.22 bits per heavy atom. The SMILES string of the molecule is Nc1cncc(NC2CCCc3ccccc32)n1. The molecule has 0 spiro atoms. The fraction of sp³-hybridized carbons (Fsp3) is 0.286. The number of hydrogen-bond acceptors (Lipinski definition) is 4. The molecule has 92 valence electrons. The topological polar surface area (TPSA) is 63.8 Å². The normalized spacial score (nSPS) is 18.1. The maximum Gasteiger partial charge on any atom is 0.147 e. The fourth-order valence-corrected chi connectivity index (χ4v) is 2.53. The second-order valence-electron chi connectivity index (χ2n) is 4.62. The summed E-state index contributed by atoms with van der Waals surface area (Å²) in [6.45, 7) is 0. The molecule has 0 bridgehead atoms. The second-order valence-corrected chi connectivity index (χ2v) is 4.62. The fourth-order valence-electron chi connectivity index (χ4n) is 2.53. The number of benzene rings is 1. The number of fused-ring (bicyclic) bond motifs is 1. The number of anilines is 2. The van der Waals surface area contributed by atoms with Gasteiger partial charge in [-0.15, -0.1) is 0 Å². The van der Waals surface area contributed by atoms with E-state index in [1.54, 1.807) is 12.4 Å². The molecule has 0 aliphatic heterocycles. The first-order valence-corrected chi connectivity index (χ1v) is 6.25. The number of nitrogens with two attached hydrogens (primary N) is 1. The third-order valence-corrected chi connectivity index (χ3v) is 3.34. The van der Waals surface area contributed by atoms with E-state index in [1.807, 2.05) is 0 Å². The van der Waals surface area contributed by atoms with Crippen LogP contribution in [0.3, 0.4) is 0 Å². The van der Waals surface area contributed by atoms with Crippen LogP contribution in [0.4, 0.5) is 11.6 Å². The molecule has 1 aliphatic rings. The van der Waals surface area contributed by atoms with Gasteiger partial charge >= 0.3 is 0 Å². The number of aryl methyl sites for hydroxylation is 1. The van der Waals surface area contributed by atoms with Gasteiger partial charge in [-0.2, -0.15) is 0 Å². The summed E-state index contributed by atoms with van der Waals surface area (Å²) in [5.74, 6) is 1.20. The van der Waals surface area contributed by atoms with Crippen molar-refractivity contribution in [3.8, 4) is 0 Å². The Balaban J connectivity index is 1.86. The molecule has 4 nitrogen and oxygen atoms in total. The minimum atomic E-state index is 0.311. The Hall–Kier alpha value is -2.10. The molecular weight excluding hydrogens is 224 g/mol. The highest BCUT2D eigenvalue weighted by molar-refractivity contribution is 5.43. The van der Waals surface area contributed by atoms with Gasteiger partial charge in [0.1, 0.15) is 11.6 Å². The van der Waals surface area contributed by atoms with Crippen LogP contribution in [0.15, 0.2) is 36.7 Å². The Morgan fingerprint density at radius 3 is 3.00 bits per heavy atom. The molecule has 0 saturated carbocycles. The highest BCUT2D eigenvalue weighted by Gasteiger charge is 2.19. The number of nitrogen functional groups attached to an aromatic ring is 1. The minimum Gasteiger partial charge on any atom is -0.382 e. The van der Waals surface area contributed by atoms with Crippen molar-refractivity contribution in [1.82, 2.24) is 9.97 Å². The summed E-state index contributed by atoms with van der Waals surface area (Å²) in [5, 5.41) is 3.42. The van der Waals surface area contributed by atoms with E-state index in [9.17, 15) is 0 Å². The number of nitrogens with one attached hydrogen (secondary N) is 1. The van der Waals surface area contributed by atoms with Crippen LogP contribution in [-0.4, -0.2) is 9.97 Å². The van der Waals surface area contributed by atoms with Gasteiger partial charge in [0, 0.05) is 0 Å². The van der Waals surface area contributed by atoms with Crippen LogP contribution in [-0.2, 0) is 6.42 Å². The van der Waals surface area contributed by atoms with Crippen molar-refractivity contribution in [2.24, 2.45) is 0 Å². The lowest BCUT2D eigenvalue weighted by molar-refractivity contribution is 0.598. The van der Waals surface area contributed by atoms with Gasteiger partial charge in [-0.05, 0) is 30.4 Å². The Morgan fingerprint density at radius 2 is 2.11 bits per heavy atom. The van der Waals surface area contributed by atoms with Gasteiger partial charge in [-0.1, -0.05) is 24.3 Å². The monoisotopic (exact) mass is 240 g/mol. The molecule has 18 heavy (non-hydrogen) atoms. The van der Waals surface area contributed by atoms with Crippen molar-refractivity contribution in [3.63, 3.8) is 0 Å². The van der Waals surface area contributed by atoms with Crippen molar-refractivity contribution < 1.29 is 0 Å². The number of hydrogen-bond donors (Lipinski definition) is 2. The average Bonchev–Trinajstić information content (AvgIpc) is 2.39. The summed E-state index contributed by atoms with van der Waals surface area (Å²) >= 11 is 0. The summed E-state index contributed by atoms with van der Waals surface area (Å²) in [5.41, 5.74) is 8.44. The van der Waals surface area contributed by atoms with E-state index in [0.717, 1.165) is 18.7 Å². The van der Waals surface area contributed by atoms with E-state index in [0.29, 0.717) is 11.9 Å². The molecule has 2 aromatic rings. The smallest absolute Gasteiger partial charge is 0.147 e. The van der Waals surface area contributed by atoms with Crippen LogP contribution in [0.2, 0.25) is 0 Å². The molecule has 1 atom stereocenters. The van der Waals surface area contributed by atoms with Gasteiger partial charge in [0.15, 0.2) is 0 Å². The number of nitrogens with zero attached hydrogens (tertiary/aromatic N) is 2. The highest BCUT2D eigenvalue weighted by Crippen LogP contribution is 2.31. The van der Waals surface area contributed by atoms with Gasteiger partial charge in [-0.3, -0.25) is 4.98 Å². The summed E-state index contributed by atoms with van der Waals surface area (Å²) in [7, 11) is 0. The largest absolute Gasteiger partial charge is 0.382 e. The van der Waals surface area contributed by atoms with E-state index < -0.39 is 0 Å². The molecule has 1 aromatic heterocycles. The zero-order valence-electron chi connectivity index (χ0n) is 10.1. The van der Waals surface area contributed by atoms with E-state index in [2.05, 4.69) is 39.6 Å². The first kappa shape index (κ1) is 11.0. The van der Waals surface area contributed by atoms with Gasteiger partial charge in [0.05, 0.1) is 18.4 Å². The maximum absolute atomic E-state index is 5.64. The van der Waals surface area contributed by atoms with Crippen LogP contribution in [0.25, 0.3) is 0 Å². The van der Waals surface area contributed by atoms with Crippen LogP contribution in [0, 0.1) is 0 Å². The minimum absolute atomic E-state index is 0.311. The van der Waals surface area contributed by atoms with Crippen molar-refractivity contribution in [1.29, 1.82) is 0 Å².